The molecule has 6 nitrogen and oxygen atoms in total. The molecule has 1 heterocycles. The van der Waals surface area contributed by atoms with Gasteiger partial charge in [-0.15, -0.1) is 0 Å². The van der Waals surface area contributed by atoms with Gasteiger partial charge >= 0.3 is 5.97 Å². The van der Waals surface area contributed by atoms with E-state index in [1.807, 2.05) is 20.8 Å². The third kappa shape index (κ3) is 4.42. The van der Waals surface area contributed by atoms with Gasteiger partial charge in [0.2, 0.25) is 5.91 Å². The number of carbonyl (C=O) groups excluding carboxylic acids is 1. The number of aromatic nitrogens is 1. The van der Waals surface area contributed by atoms with E-state index in [4.69, 9.17) is 9.63 Å². The van der Waals surface area contributed by atoms with Crippen LogP contribution in [0.15, 0.2) is 28.8 Å². The highest BCUT2D eigenvalue weighted by molar-refractivity contribution is 5.88. The number of benzene rings is 1. The second-order valence-electron chi connectivity index (χ2n) is 5.66. The minimum atomic E-state index is -1.00. The number of hydrogen-bond acceptors (Lipinski definition) is 4. The van der Waals surface area contributed by atoms with Crippen LogP contribution >= 0.6 is 0 Å². The average molecular weight is 316 g/mol. The van der Waals surface area contributed by atoms with Gasteiger partial charge in [0.25, 0.3) is 0 Å². The lowest BCUT2D eigenvalue weighted by atomic mass is 10.0. The zero-order valence-corrected chi connectivity index (χ0v) is 13.4. The summed E-state index contributed by atoms with van der Waals surface area (Å²) < 4.78 is 5.11. The molecule has 0 saturated carbocycles. The Bertz CT molecular complexity index is 702. The van der Waals surface area contributed by atoms with Crippen molar-refractivity contribution >= 4 is 11.9 Å². The van der Waals surface area contributed by atoms with Crippen LogP contribution in [0.4, 0.5) is 0 Å². The van der Waals surface area contributed by atoms with Crippen molar-refractivity contribution in [2.45, 2.75) is 39.7 Å². The normalized spacial score (nSPS) is 12.0. The van der Waals surface area contributed by atoms with E-state index in [1.54, 1.807) is 12.1 Å². The lowest BCUT2D eigenvalue weighted by Gasteiger charge is -2.14. The summed E-state index contributed by atoms with van der Waals surface area (Å²) in [5.41, 5.74) is 2.69. The van der Waals surface area contributed by atoms with Crippen molar-refractivity contribution in [2.24, 2.45) is 0 Å². The molecule has 0 aliphatic rings. The summed E-state index contributed by atoms with van der Waals surface area (Å²) in [4.78, 5) is 23.0. The largest absolute Gasteiger partial charge is 0.478 e. The van der Waals surface area contributed by atoms with Crippen molar-refractivity contribution in [1.29, 1.82) is 0 Å². The first-order chi connectivity index (χ1) is 10.9. The summed E-state index contributed by atoms with van der Waals surface area (Å²) in [6, 6.07) is 6.33. The number of amides is 1. The maximum Gasteiger partial charge on any atom is 0.335 e. The summed E-state index contributed by atoms with van der Waals surface area (Å²) >= 11 is 0. The molecule has 1 aromatic heterocycles. The van der Waals surface area contributed by atoms with E-state index in [9.17, 15) is 9.59 Å². The van der Waals surface area contributed by atoms with Crippen LogP contribution in [0.1, 0.15) is 39.9 Å². The van der Waals surface area contributed by atoms with Gasteiger partial charge in [-0.05, 0) is 44.9 Å². The number of nitrogens with one attached hydrogen (secondary N) is 1. The van der Waals surface area contributed by atoms with Crippen molar-refractivity contribution in [1.82, 2.24) is 10.5 Å². The molecule has 2 N–H and O–H groups in total. The topological polar surface area (TPSA) is 92.4 Å². The van der Waals surface area contributed by atoms with Gasteiger partial charge < -0.3 is 14.9 Å². The molecule has 0 bridgehead atoms. The molecule has 0 saturated heterocycles. The summed E-state index contributed by atoms with van der Waals surface area (Å²) in [7, 11) is 0. The molecule has 2 rings (SSSR count). The Balaban J connectivity index is 1.94. The Morgan fingerprint density at radius 1 is 1.35 bits per heavy atom. The van der Waals surface area contributed by atoms with E-state index < -0.39 is 5.97 Å². The minimum absolute atomic E-state index is 0.0676. The van der Waals surface area contributed by atoms with Gasteiger partial charge in [0.1, 0.15) is 5.76 Å². The van der Waals surface area contributed by atoms with E-state index >= 15 is 0 Å². The Hall–Kier alpha value is -2.63. The number of rotatable bonds is 6. The van der Waals surface area contributed by atoms with Crippen LogP contribution in [0, 0.1) is 13.8 Å². The second kappa shape index (κ2) is 7.09. The van der Waals surface area contributed by atoms with Gasteiger partial charge in [0.15, 0.2) is 0 Å². The third-order valence-corrected chi connectivity index (χ3v) is 3.64. The van der Waals surface area contributed by atoms with Gasteiger partial charge in [-0.1, -0.05) is 17.3 Å². The van der Waals surface area contributed by atoms with Crippen molar-refractivity contribution in [3.8, 4) is 0 Å². The molecule has 1 aromatic carbocycles. The molecule has 0 radical (unpaired) electrons. The quantitative estimate of drug-likeness (QED) is 0.853. The van der Waals surface area contributed by atoms with Gasteiger partial charge in [-0.25, -0.2) is 4.79 Å². The van der Waals surface area contributed by atoms with Crippen LogP contribution in [-0.4, -0.2) is 28.2 Å². The standard InChI is InChI=1S/C17H20N2O4/c1-10(7-15-11(2)19-23-12(15)3)18-16(20)9-13-5-4-6-14(8-13)17(21)22/h4-6,8,10H,7,9H2,1-3H3,(H,18,20)(H,21,22). The number of aromatic carboxylic acids is 1. The monoisotopic (exact) mass is 316 g/mol. The van der Waals surface area contributed by atoms with Crippen molar-refractivity contribution in [3.05, 3.63) is 52.4 Å². The lowest BCUT2D eigenvalue weighted by Crippen LogP contribution is -2.35. The third-order valence-electron chi connectivity index (χ3n) is 3.64. The first-order valence-corrected chi connectivity index (χ1v) is 7.40. The Kier molecular flexibility index (Phi) is 5.16. The van der Waals surface area contributed by atoms with E-state index in [-0.39, 0.29) is 23.9 Å². The fraction of sp³-hybridized carbons (Fsp3) is 0.353. The summed E-state index contributed by atoms with van der Waals surface area (Å²) in [5.74, 6) is -0.386. The predicted octanol–water partition coefficient (Wildman–Crippen LogP) is 2.28. The average Bonchev–Trinajstić information content (AvgIpc) is 2.79. The molecule has 1 unspecified atom stereocenters. The molecule has 0 fully saturated rings. The van der Waals surface area contributed by atoms with Crippen molar-refractivity contribution in [3.63, 3.8) is 0 Å². The number of aryl methyl sites for hydroxylation is 2. The predicted molar refractivity (Wildman–Crippen MR) is 84.4 cm³/mol. The molecular weight excluding hydrogens is 296 g/mol. The highest BCUT2D eigenvalue weighted by Crippen LogP contribution is 2.14. The first kappa shape index (κ1) is 16.7. The molecule has 0 aliphatic carbocycles. The van der Waals surface area contributed by atoms with E-state index in [0.717, 1.165) is 17.0 Å². The Labute approximate surface area is 134 Å². The molecule has 0 aliphatic heterocycles. The summed E-state index contributed by atoms with van der Waals surface area (Å²) in [6.07, 6.45) is 0.787. The first-order valence-electron chi connectivity index (χ1n) is 7.40. The lowest BCUT2D eigenvalue weighted by molar-refractivity contribution is -0.121. The Morgan fingerprint density at radius 2 is 2.09 bits per heavy atom. The zero-order chi connectivity index (χ0) is 17.0. The van der Waals surface area contributed by atoms with Crippen LogP contribution in [0.5, 0.6) is 0 Å². The van der Waals surface area contributed by atoms with Gasteiger partial charge in [-0.2, -0.15) is 0 Å². The van der Waals surface area contributed by atoms with Crippen molar-refractivity contribution < 1.29 is 19.2 Å². The van der Waals surface area contributed by atoms with Gasteiger partial charge in [-0.3, -0.25) is 4.79 Å². The highest BCUT2D eigenvalue weighted by atomic mass is 16.5. The maximum absolute atomic E-state index is 12.1. The molecule has 23 heavy (non-hydrogen) atoms. The van der Waals surface area contributed by atoms with E-state index in [2.05, 4.69) is 10.5 Å². The van der Waals surface area contributed by atoms with Gasteiger partial charge in [0, 0.05) is 11.6 Å². The van der Waals surface area contributed by atoms with Crippen LogP contribution < -0.4 is 5.32 Å². The summed E-state index contributed by atoms with van der Waals surface area (Å²) in [6.45, 7) is 5.64. The van der Waals surface area contributed by atoms with Crippen LogP contribution in [0.2, 0.25) is 0 Å². The molecule has 122 valence electrons. The number of carboxylic acid groups (broad SMARTS) is 1. The zero-order valence-electron chi connectivity index (χ0n) is 13.4. The molecule has 2 aromatic rings. The fourth-order valence-electron chi connectivity index (χ4n) is 2.48. The molecular formula is C17H20N2O4. The smallest absolute Gasteiger partial charge is 0.335 e. The van der Waals surface area contributed by atoms with Crippen molar-refractivity contribution in [2.75, 3.05) is 0 Å². The van der Waals surface area contributed by atoms with Crippen LogP contribution in [0.3, 0.4) is 0 Å². The molecule has 1 amide bonds. The van der Waals surface area contributed by atoms with E-state index in [1.165, 1.54) is 12.1 Å². The van der Waals surface area contributed by atoms with Gasteiger partial charge in [0.05, 0.1) is 17.7 Å². The number of nitrogens with zero attached hydrogens (tertiary/aromatic N) is 1. The van der Waals surface area contributed by atoms with E-state index in [0.29, 0.717) is 12.0 Å². The summed E-state index contributed by atoms with van der Waals surface area (Å²) in [5, 5.41) is 15.8. The second-order valence-corrected chi connectivity index (χ2v) is 5.66. The fourth-order valence-corrected chi connectivity index (χ4v) is 2.48. The highest BCUT2D eigenvalue weighted by Gasteiger charge is 2.15. The maximum atomic E-state index is 12.1. The Morgan fingerprint density at radius 3 is 2.70 bits per heavy atom. The molecule has 1 atom stereocenters. The molecule has 0 spiro atoms. The number of hydrogen-bond donors (Lipinski definition) is 2. The van der Waals surface area contributed by atoms with Crippen LogP contribution in [0.25, 0.3) is 0 Å². The SMILES string of the molecule is Cc1noc(C)c1CC(C)NC(=O)Cc1cccc(C(=O)O)c1. The number of carboxylic acids is 1. The minimum Gasteiger partial charge on any atom is -0.478 e. The molecule has 6 heteroatoms. The van der Waals surface area contributed by atoms with Crippen LogP contribution in [-0.2, 0) is 17.6 Å². The number of carbonyl (C=O) groups is 2.